The zero-order chi connectivity index (χ0) is 13.4. The van der Waals surface area contributed by atoms with Crippen LogP contribution in [0.3, 0.4) is 0 Å². The molecule has 0 bridgehead atoms. The number of nitrogens with one attached hydrogen (secondary N) is 1. The van der Waals surface area contributed by atoms with Crippen LogP contribution in [0, 0.1) is 0 Å². The standard InChI is InChI=1S/C12H15F2NO3/c1-2-17-15-11(16)8-5-9-3-6-10(7-4-9)18-12(13)14/h3-4,6-7,12H,2,5,8H2,1H3,(H,15,16). The Morgan fingerprint density at radius 2 is 2.00 bits per heavy atom. The highest BCUT2D eigenvalue weighted by Crippen LogP contribution is 2.15. The van der Waals surface area contributed by atoms with E-state index >= 15 is 0 Å². The summed E-state index contributed by atoms with van der Waals surface area (Å²) < 4.78 is 28.0. The molecular formula is C12H15F2NO3. The fourth-order valence-electron chi connectivity index (χ4n) is 1.30. The third-order valence-electron chi connectivity index (χ3n) is 2.12. The molecule has 0 aromatic heterocycles. The van der Waals surface area contributed by atoms with Gasteiger partial charge in [-0.3, -0.25) is 9.63 Å². The van der Waals surface area contributed by atoms with E-state index in [0.717, 1.165) is 5.56 Å². The number of halogens is 2. The molecule has 0 heterocycles. The second-order valence-electron chi connectivity index (χ2n) is 3.48. The Kier molecular flexibility index (Phi) is 6.07. The lowest BCUT2D eigenvalue weighted by Gasteiger charge is -2.06. The highest BCUT2D eigenvalue weighted by Gasteiger charge is 2.05. The van der Waals surface area contributed by atoms with Gasteiger partial charge in [0.2, 0.25) is 5.91 Å². The van der Waals surface area contributed by atoms with Crippen LogP contribution in [-0.4, -0.2) is 19.1 Å². The van der Waals surface area contributed by atoms with Crippen LogP contribution in [0.5, 0.6) is 5.75 Å². The maximum Gasteiger partial charge on any atom is 0.387 e. The molecule has 100 valence electrons. The van der Waals surface area contributed by atoms with Gasteiger partial charge in [0.1, 0.15) is 5.75 Å². The Balaban J connectivity index is 2.37. The highest BCUT2D eigenvalue weighted by molar-refractivity contribution is 5.75. The van der Waals surface area contributed by atoms with Crippen LogP contribution in [-0.2, 0) is 16.1 Å². The van der Waals surface area contributed by atoms with Gasteiger partial charge < -0.3 is 4.74 Å². The summed E-state index contributed by atoms with van der Waals surface area (Å²) in [6.07, 6.45) is 0.781. The first-order valence-corrected chi connectivity index (χ1v) is 5.56. The van der Waals surface area contributed by atoms with Crippen molar-refractivity contribution in [3.05, 3.63) is 29.8 Å². The second kappa shape index (κ2) is 7.60. The van der Waals surface area contributed by atoms with Crippen molar-refractivity contribution in [1.82, 2.24) is 5.48 Å². The van der Waals surface area contributed by atoms with Gasteiger partial charge in [-0.1, -0.05) is 12.1 Å². The van der Waals surface area contributed by atoms with Gasteiger partial charge in [0, 0.05) is 6.42 Å². The molecule has 0 fully saturated rings. The first-order chi connectivity index (χ1) is 8.61. The van der Waals surface area contributed by atoms with Crippen LogP contribution >= 0.6 is 0 Å². The molecular weight excluding hydrogens is 244 g/mol. The van der Waals surface area contributed by atoms with Crippen molar-refractivity contribution in [1.29, 1.82) is 0 Å². The molecule has 0 atom stereocenters. The number of carbonyl (C=O) groups is 1. The van der Waals surface area contributed by atoms with Crippen molar-refractivity contribution >= 4 is 5.91 Å². The lowest BCUT2D eigenvalue weighted by Crippen LogP contribution is -2.23. The Hall–Kier alpha value is -1.69. The Morgan fingerprint density at radius 3 is 2.56 bits per heavy atom. The quantitative estimate of drug-likeness (QED) is 0.764. The maximum absolute atomic E-state index is 11.9. The minimum absolute atomic E-state index is 0.104. The molecule has 0 spiro atoms. The van der Waals surface area contributed by atoms with Crippen molar-refractivity contribution in [2.45, 2.75) is 26.4 Å². The van der Waals surface area contributed by atoms with E-state index in [1.165, 1.54) is 12.1 Å². The van der Waals surface area contributed by atoms with Gasteiger partial charge in [-0.05, 0) is 31.0 Å². The van der Waals surface area contributed by atoms with Gasteiger partial charge in [-0.15, -0.1) is 0 Å². The van der Waals surface area contributed by atoms with E-state index in [4.69, 9.17) is 4.84 Å². The van der Waals surface area contributed by atoms with E-state index in [1.807, 2.05) is 0 Å². The molecule has 0 aliphatic carbocycles. The van der Waals surface area contributed by atoms with Crippen LogP contribution in [0.25, 0.3) is 0 Å². The molecule has 0 unspecified atom stereocenters. The minimum Gasteiger partial charge on any atom is -0.435 e. The molecule has 0 radical (unpaired) electrons. The fourth-order valence-corrected chi connectivity index (χ4v) is 1.30. The van der Waals surface area contributed by atoms with Crippen molar-refractivity contribution in [2.24, 2.45) is 0 Å². The predicted molar refractivity (Wildman–Crippen MR) is 61.2 cm³/mol. The molecule has 0 saturated heterocycles. The first kappa shape index (κ1) is 14.4. The smallest absolute Gasteiger partial charge is 0.387 e. The SMILES string of the molecule is CCONC(=O)CCc1ccc(OC(F)F)cc1. The highest BCUT2D eigenvalue weighted by atomic mass is 19.3. The topological polar surface area (TPSA) is 47.6 Å². The summed E-state index contributed by atoms with van der Waals surface area (Å²) in [5.41, 5.74) is 3.14. The average molecular weight is 259 g/mol. The lowest BCUT2D eigenvalue weighted by atomic mass is 10.1. The number of hydrogen-bond acceptors (Lipinski definition) is 3. The molecule has 4 nitrogen and oxygen atoms in total. The van der Waals surface area contributed by atoms with Crippen LogP contribution in [0.2, 0.25) is 0 Å². The number of aryl methyl sites for hydroxylation is 1. The van der Waals surface area contributed by atoms with Gasteiger partial charge in [-0.2, -0.15) is 8.78 Å². The molecule has 0 aliphatic heterocycles. The maximum atomic E-state index is 11.9. The normalized spacial score (nSPS) is 10.4. The van der Waals surface area contributed by atoms with Gasteiger partial charge >= 0.3 is 6.61 Å². The van der Waals surface area contributed by atoms with Gasteiger partial charge in [0.05, 0.1) is 6.61 Å². The first-order valence-electron chi connectivity index (χ1n) is 5.56. The summed E-state index contributed by atoms with van der Waals surface area (Å²) in [7, 11) is 0. The van der Waals surface area contributed by atoms with E-state index in [9.17, 15) is 13.6 Å². The molecule has 18 heavy (non-hydrogen) atoms. The number of amides is 1. The number of benzene rings is 1. The third kappa shape index (κ3) is 5.58. The molecule has 0 saturated carbocycles. The number of ether oxygens (including phenoxy) is 1. The number of rotatable bonds is 7. The summed E-state index contributed by atoms with van der Waals surface area (Å²) in [6.45, 7) is -0.652. The average Bonchev–Trinajstić information content (AvgIpc) is 2.35. The lowest BCUT2D eigenvalue weighted by molar-refractivity contribution is -0.133. The van der Waals surface area contributed by atoms with E-state index < -0.39 is 6.61 Å². The minimum atomic E-state index is -2.83. The Bertz CT molecular complexity index is 368. The van der Waals surface area contributed by atoms with Crippen molar-refractivity contribution in [3.63, 3.8) is 0 Å². The Labute approximate surface area is 104 Å². The van der Waals surface area contributed by atoms with E-state index in [1.54, 1.807) is 19.1 Å². The van der Waals surface area contributed by atoms with E-state index in [0.29, 0.717) is 13.0 Å². The third-order valence-corrected chi connectivity index (χ3v) is 2.12. The number of hydrogen-bond donors (Lipinski definition) is 1. The zero-order valence-corrected chi connectivity index (χ0v) is 9.99. The largest absolute Gasteiger partial charge is 0.435 e. The van der Waals surface area contributed by atoms with Crippen LogP contribution in [0.4, 0.5) is 8.78 Å². The predicted octanol–water partition coefficient (Wildman–Crippen LogP) is 2.29. The van der Waals surface area contributed by atoms with Gasteiger partial charge in [-0.25, -0.2) is 5.48 Å². The van der Waals surface area contributed by atoms with Crippen molar-refractivity contribution in [2.75, 3.05) is 6.61 Å². The molecule has 1 aromatic carbocycles. The van der Waals surface area contributed by atoms with Gasteiger partial charge in [0.25, 0.3) is 0 Å². The summed E-state index contributed by atoms with van der Waals surface area (Å²) in [5.74, 6) is -0.114. The van der Waals surface area contributed by atoms with Crippen LogP contribution < -0.4 is 10.2 Å². The summed E-state index contributed by atoms with van der Waals surface area (Å²) >= 11 is 0. The summed E-state index contributed by atoms with van der Waals surface area (Å²) in [4.78, 5) is 16.0. The molecule has 1 aromatic rings. The molecule has 1 N–H and O–H groups in total. The zero-order valence-electron chi connectivity index (χ0n) is 9.99. The summed E-state index contributed by atoms with van der Waals surface area (Å²) in [5, 5.41) is 0. The van der Waals surface area contributed by atoms with Crippen molar-refractivity contribution in [3.8, 4) is 5.75 Å². The van der Waals surface area contributed by atoms with E-state index in [2.05, 4.69) is 10.2 Å². The number of carbonyl (C=O) groups excluding carboxylic acids is 1. The number of alkyl halides is 2. The molecule has 1 amide bonds. The second-order valence-corrected chi connectivity index (χ2v) is 3.48. The molecule has 1 rings (SSSR count). The van der Waals surface area contributed by atoms with Crippen LogP contribution in [0.15, 0.2) is 24.3 Å². The van der Waals surface area contributed by atoms with E-state index in [-0.39, 0.29) is 18.1 Å². The fraction of sp³-hybridized carbons (Fsp3) is 0.417. The van der Waals surface area contributed by atoms with Crippen molar-refractivity contribution < 1.29 is 23.1 Å². The van der Waals surface area contributed by atoms with Crippen LogP contribution in [0.1, 0.15) is 18.9 Å². The Morgan fingerprint density at radius 1 is 1.33 bits per heavy atom. The number of hydroxylamine groups is 1. The summed E-state index contributed by atoms with van der Waals surface area (Å²) in [6, 6.07) is 6.18. The van der Waals surface area contributed by atoms with Gasteiger partial charge in [0.15, 0.2) is 0 Å². The molecule has 0 aliphatic rings. The monoisotopic (exact) mass is 259 g/mol. The molecule has 6 heteroatoms.